The summed E-state index contributed by atoms with van der Waals surface area (Å²) in [6.45, 7) is 12.8. The standard InChI is InChI=1S/C15H27N5/c1-9-11(19-15(5,6)10-7-8-10)17-13(14(2,3)4)18-12(9)20-16/h10H,7-8,16H2,1-6H3,(H2,17,18,19,20). The van der Waals surface area contributed by atoms with Crippen LogP contribution in [-0.2, 0) is 5.41 Å². The lowest BCUT2D eigenvalue weighted by Crippen LogP contribution is -2.35. The Balaban J connectivity index is 2.40. The molecule has 0 aliphatic heterocycles. The van der Waals surface area contributed by atoms with Gasteiger partial charge in [0.15, 0.2) is 0 Å². The maximum Gasteiger partial charge on any atom is 0.148 e. The first kappa shape index (κ1) is 15.0. The summed E-state index contributed by atoms with van der Waals surface area (Å²) >= 11 is 0. The zero-order valence-electron chi connectivity index (χ0n) is 13.5. The second-order valence-electron chi connectivity index (χ2n) is 7.38. The molecule has 0 saturated heterocycles. The summed E-state index contributed by atoms with van der Waals surface area (Å²) in [4.78, 5) is 9.26. The van der Waals surface area contributed by atoms with Crippen molar-refractivity contribution in [1.29, 1.82) is 0 Å². The number of aromatic nitrogens is 2. The molecule has 1 saturated carbocycles. The van der Waals surface area contributed by atoms with Gasteiger partial charge in [0, 0.05) is 16.5 Å². The molecule has 1 fully saturated rings. The summed E-state index contributed by atoms with van der Waals surface area (Å²) in [5.41, 5.74) is 3.60. The van der Waals surface area contributed by atoms with Crippen molar-refractivity contribution in [3.05, 3.63) is 11.4 Å². The molecule has 1 aromatic rings. The van der Waals surface area contributed by atoms with Crippen LogP contribution in [0, 0.1) is 12.8 Å². The average molecular weight is 277 g/mol. The van der Waals surface area contributed by atoms with Gasteiger partial charge in [-0.2, -0.15) is 0 Å². The normalized spacial score (nSPS) is 16.1. The molecule has 5 heteroatoms. The van der Waals surface area contributed by atoms with E-state index < -0.39 is 0 Å². The molecule has 0 unspecified atom stereocenters. The second kappa shape index (κ2) is 4.88. The highest BCUT2D eigenvalue weighted by Gasteiger charge is 2.38. The van der Waals surface area contributed by atoms with E-state index in [1.807, 2.05) is 6.92 Å². The fourth-order valence-electron chi connectivity index (χ4n) is 2.33. The molecule has 0 spiro atoms. The SMILES string of the molecule is Cc1c(NN)nc(C(C)(C)C)nc1NC(C)(C)C1CC1. The zero-order valence-corrected chi connectivity index (χ0v) is 13.5. The third-order valence-electron chi connectivity index (χ3n) is 3.99. The third-order valence-corrected chi connectivity index (χ3v) is 3.99. The van der Waals surface area contributed by atoms with E-state index >= 15 is 0 Å². The van der Waals surface area contributed by atoms with Gasteiger partial charge in [0.1, 0.15) is 17.5 Å². The van der Waals surface area contributed by atoms with Crippen LogP contribution in [0.3, 0.4) is 0 Å². The molecular formula is C15H27N5. The predicted molar refractivity (Wildman–Crippen MR) is 83.7 cm³/mol. The Labute approximate surface area is 121 Å². The molecule has 20 heavy (non-hydrogen) atoms. The molecule has 0 aromatic carbocycles. The molecule has 1 aliphatic carbocycles. The van der Waals surface area contributed by atoms with Gasteiger partial charge in [0.05, 0.1) is 0 Å². The van der Waals surface area contributed by atoms with Crippen molar-refractivity contribution in [2.75, 3.05) is 10.7 Å². The van der Waals surface area contributed by atoms with Gasteiger partial charge < -0.3 is 10.7 Å². The smallest absolute Gasteiger partial charge is 0.148 e. The summed E-state index contributed by atoms with van der Waals surface area (Å²) in [6.07, 6.45) is 2.58. The van der Waals surface area contributed by atoms with Gasteiger partial charge in [-0.3, -0.25) is 0 Å². The minimum Gasteiger partial charge on any atom is -0.365 e. The molecule has 4 N–H and O–H groups in total. The summed E-state index contributed by atoms with van der Waals surface area (Å²) in [5, 5.41) is 3.59. The fourth-order valence-corrected chi connectivity index (χ4v) is 2.33. The van der Waals surface area contributed by atoms with Crippen molar-refractivity contribution < 1.29 is 0 Å². The number of hydrogen-bond donors (Lipinski definition) is 3. The molecule has 0 radical (unpaired) electrons. The Kier molecular flexibility index (Phi) is 3.67. The number of hydrogen-bond acceptors (Lipinski definition) is 5. The van der Waals surface area contributed by atoms with Crippen LogP contribution in [0.1, 0.15) is 58.8 Å². The summed E-state index contributed by atoms with van der Waals surface area (Å²) in [6, 6.07) is 0. The lowest BCUT2D eigenvalue weighted by Gasteiger charge is -2.29. The zero-order chi connectivity index (χ0) is 15.1. The number of nitrogens with two attached hydrogens (primary N) is 1. The molecule has 0 amide bonds. The van der Waals surface area contributed by atoms with E-state index in [1.165, 1.54) is 12.8 Å². The third kappa shape index (κ3) is 3.03. The van der Waals surface area contributed by atoms with Crippen LogP contribution in [0.15, 0.2) is 0 Å². The van der Waals surface area contributed by atoms with Gasteiger partial charge in [0.25, 0.3) is 0 Å². The first-order valence-electron chi connectivity index (χ1n) is 7.29. The van der Waals surface area contributed by atoms with Crippen molar-refractivity contribution in [3.8, 4) is 0 Å². The van der Waals surface area contributed by atoms with Gasteiger partial charge in [-0.05, 0) is 39.5 Å². The summed E-state index contributed by atoms with van der Waals surface area (Å²) in [5.74, 6) is 8.70. The van der Waals surface area contributed by atoms with Crippen molar-refractivity contribution in [1.82, 2.24) is 9.97 Å². The first-order chi connectivity index (χ1) is 9.15. The molecule has 0 atom stereocenters. The maximum absolute atomic E-state index is 5.60. The fraction of sp³-hybridized carbons (Fsp3) is 0.733. The van der Waals surface area contributed by atoms with Gasteiger partial charge in [-0.25, -0.2) is 15.8 Å². The second-order valence-corrected chi connectivity index (χ2v) is 7.38. The number of hydrazine groups is 1. The molecule has 112 valence electrons. The average Bonchev–Trinajstić information content (AvgIpc) is 3.14. The molecular weight excluding hydrogens is 250 g/mol. The van der Waals surface area contributed by atoms with Gasteiger partial charge in [-0.1, -0.05) is 20.8 Å². The van der Waals surface area contributed by atoms with E-state index in [-0.39, 0.29) is 11.0 Å². The van der Waals surface area contributed by atoms with E-state index in [0.717, 1.165) is 23.1 Å². The monoisotopic (exact) mass is 277 g/mol. The Morgan fingerprint density at radius 3 is 2.05 bits per heavy atom. The number of anilines is 2. The highest BCUT2D eigenvalue weighted by atomic mass is 15.3. The van der Waals surface area contributed by atoms with E-state index in [4.69, 9.17) is 10.8 Å². The van der Waals surface area contributed by atoms with Crippen molar-refractivity contribution in [2.24, 2.45) is 11.8 Å². The van der Waals surface area contributed by atoms with Gasteiger partial charge >= 0.3 is 0 Å². The molecule has 0 bridgehead atoms. The molecule has 5 nitrogen and oxygen atoms in total. The molecule has 1 aromatic heterocycles. The Morgan fingerprint density at radius 2 is 1.60 bits per heavy atom. The maximum atomic E-state index is 5.60. The molecule has 1 heterocycles. The predicted octanol–water partition coefficient (Wildman–Crippen LogP) is 2.97. The molecule has 1 aliphatic rings. The Hall–Kier alpha value is -1.36. The molecule has 2 rings (SSSR count). The van der Waals surface area contributed by atoms with Crippen LogP contribution in [0.25, 0.3) is 0 Å². The number of nitrogens with zero attached hydrogens (tertiary/aromatic N) is 2. The van der Waals surface area contributed by atoms with Crippen molar-refractivity contribution in [2.45, 2.75) is 65.3 Å². The Bertz CT molecular complexity index is 498. The van der Waals surface area contributed by atoms with E-state index in [1.54, 1.807) is 0 Å². The first-order valence-corrected chi connectivity index (χ1v) is 7.29. The van der Waals surface area contributed by atoms with Crippen molar-refractivity contribution >= 4 is 11.6 Å². The Morgan fingerprint density at radius 1 is 1.05 bits per heavy atom. The van der Waals surface area contributed by atoms with Crippen LogP contribution >= 0.6 is 0 Å². The van der Waals surface area contributed by atoms with E-state index in [2.05, 4.69) is 50.3 Å². The highest BCUT2D eigenvalue weighted by molar-refractivity contribution is 5.58. The van der Waals surface area contributed by atoms with E-state index in [0.29, 0.717) is 5.82 Å². The minimum absolute atomic E-state index is 0.0557. The van der Waals surface area contributed by atoms with Crippen LogP contribution in [0.5, 0.6) is 0 Å². The quantitative estimate of drug-likeness (QED) is 0.582. The van der Waals surface area contributed by atoms with Gasteiger partial charge in [-0.15, -0.1) is 0 Å². The van der Waals surface area contributed by atoms with Gasteiger partial charge in [0.2, 0.25) is 0 Å². The van der Waals surface area contributed by atoms with Crippen LogP contribution < -0.4 is 16.6 Å². The van der Waals surface area contributed by atoms with Crippen LogP contribution in [0.4, 0.5) is 11.6 Å². The highest BCUT2D eigenvalue weighted by Crippen LogP contribution is 2.41. The van der Waals surface area contributed by atoms with Crippen LogP contribution in [0.2, 0.25) is 0 Å². The number of nitrogen functional groups attached to an aromatic ring is 1. The topological polar surface area (TPSA) is 75.9 Å². The summed E-state index contributed by atoms with van der Waals surface area (Å²) < 4.78 is 0. The lowest BCUT2D eigenvalue weighted by atomic mass is 9.95. The van der Waals surface area contributed by atoms with Crippen molar-refractivity contribution in [3.63, 3.8) is 0 Å². The summed E-state index contributed by atoms with van der Waals surface area (Å²) in [7, 11) is 0. The lowest BCUT2D eigenvalue weighted by molar-refractivity contribution is 0.488. The number of nitrogens with one attached hydrogen (secondary N) is 2. The number of rotatable bonds is 4. The minimum atomic E-state index is -0.112. The largest absolute Gasteiger partial charge is 0.365 e. The van der Waals surface area contributed by atoms with Crippen LogP contribution in [-0.4, -0.2) is 15.5 Å². The van der Waals surface area contributed by atoms with E-state index in [9.17, 15) is 0 Å².